The molecule has 0 aliphatic carbocycles. The van der Waals surface area contributed by atoms with Crippen LogP contribution in [0.3, 0.4) is 0 Å². The Hall–Kier alpha value is -2.34. The maximum atomic E-state index is 11.9. The number of esters is 1. The Morgan fingerprint density at radius 1 is 1.00 bits per heavy atom. The number of halogens is 1. The predicted molar refractivity (Wildman–Crippen MR) is 94.3 cm³/mol. The van der Waals surface area contributed by atoms with E-state index in [0.29, 0.717) is 17.9 Å². The first-order valence-electron chi connectivity index (χ1n) is 7.56. The van der Waals surface area contributed by atoms with Crippen LogP contribution in [0.2, 0.25) is 0 Å². The molecular weight excluding hydrogens is 374 g/mol. The molecule has 2 rings (SSSR count). The second-order valence-corrected chi connectivity index (χ2v) is 5.81. The van der Waals surface area contributed by atoms with Gasteiger partial charge in [-0.15, -0.1) is 0 Å². The van der Waals surface area contributed by atoms with E-state index < -0.39 is 5.97 Å². The predicted octanol–water partition coefficient (Wildman–Crippen LogP) is 3.57. The van der Waals surface area contributed by atoms with Gasteiger partial charge in [0.25, 0.3) is 5.91 Å². The number of rotatable bonds is 7. The lowest BCUT2D eigenvalue weighted by molar-refractivity contribution is -0.134. The standard InChI is InChI=1S/C18H18BrNO4/c1-2-23-15-7-9-16(10-8-15)24-17(21)11-12-20-18(22)13-3-5-14(19)6-4-13/h3-10H,2,11-12H2,1H3,(H,20,22). The molecule has 0 bridgehead atoms. The highest BCUT2D eigenvalue weighted by atomic mass is 79.9. The van der Waals surface area contributed by atoms with E-state index in [0.717, 1.165) is 10.2 Å². The van der Waals surface area contributed by atoms with Crippen LogP contribution in [-0.4, -0.2) is 25.0 Å². The molecule has 1 N–H and O–H groups in total. The maximum absolute atomic E-state index is 11.9. The van der Waals surface area contributed by atoms with Gasteiger partial charge in [0.05, 0.1) is 13.0 Å². The summed E-state index contributed by atoms with van der Waals surface area (Å²) in [4.78, 5) is 23.7. The molecule has 0 saturated heterocycles. The number of ether oxygens (including phenoxy) is 2. The average molecular weight is 392 g/mol. The van der Waals surface area contributed by atoms with Gasteiger partial charge in [-0.25, -0.2) is 0 Å². The zero-order valence-electron chi connectivity index (χ0n) is 13.3. The molecule has 2 aromatic rings. The number of carbonyl (C=O) groups excluding carboxylic acids is 2. The van der Waals surface area contributed by atoms with Crippen molar-refractivity contribution in [2.75, 3.05) is 13.2 Å². The molecule has 0 atom stereocenters. The van der Waals surface area contributed by atoms with E-state index in [-0.39, 0.29) is 18.9 Å². The van der Waals surface area contributed by atoms with Crippen LogP contribution in [0.1, 0.15) is 23.7 Å². The van der Waals surface area contributed by atoms with E-state index in [1.54, 1.807) is 48.5 Å². The molecular formula is C18H18BrNO4. The van der Waals surface area contributed by atoms with E-state index in [2.05, 4.69) is 21.2 Å². The summed E-state index contributed by atoms with van der Waals surface area (Å²) in [7, 11) is 0. The van der Waals surface area contributed by atoms with Crippen molar-refractivity contribution in [1.29, 1.82) is 0 Å². The molecule has 0 aliphatic rings. The zero-order chi connectivity index (χ0) is 17.4. The summed E-state index contributed by atoms with van der Waals surface area (Å²) in [5, 5.41) is 2.69. The van der Waals surface area contributed by atoms with Crippen LogP contribution >= 0.6 is 15.9 Å². The van der Waals surface area contributed by atoms with Gasteiger partial charge in [-0.3, -0.25) is 9.59 Å². The van der Waals surface area contributed by atoms with Gasteiger partial charge in [0.2, 0.25) is 0 Å². The topological polar surface area (TPSA) is 64.6 Å². The lowest BCUT2D eigenvalue weighted by atomic mass is 10.2. The number of nitrogens with one attached hydrogen (secondary N) is 1. The van der Waals surface area contributed by atoms with E-state index in [1.165, 1.54) is 0 Å². The van der Waals surface area contributed by atoms with Crippen LogP contribution in [0.5, 0.6) is 11.5 Å². The molecule has 6 heteroatoms. The number of carbonyl (C=O) groups is 2. The molecule has 24 heavy (non-hydrogen) atoms. The van der Waals surface area contributed by atoms with Crippen molar-refractivity contribution in [1.82, 2.24) is 5.32 Å². The van der Waals surface area contributed by atoms with Crippen LogP contribution in [0.4, 0.5) is 0 Å². The minimum atomic E-state index is -0.407. The zero-order valence-corrected chi connectivity index (χ0v) is 14.8. The van der Waals surface area contributed by atoms with Crippen molar-refractivity contribution in [3.63, 3.8) is 0 Å². The van der Waals surface area contributed by atoms with Crippen LogP contribution in [0.25, 0.3) is 0 Å². The second kappa shape index (κ2) is 9.08. The van der Waals surface area contributed by atoms with Crippen LogP contribution < -0.4 is 14.8 Å². The summed E-state index contributed by atoms with van der Waals surface area (Å²) in [6, 6.07) is 13.8. The summed E-state index contributed by atoms with van der Waals surface area (Å²) >= 11 is 3.31. The van der Waals surface area contributed by atoms with Crippen molar-refractivity contribution in [2.45, 2.75) is 13.3 Å². The van der Waals surface area contributed by atoms with Gasteiger partial charge >= 0.3 is 5.97 Å². The Labute approximate surface area is 149 Å². The van der Waals surface area contributed by atoms with Crippen molar-refractivity contribution >= 4 is 27.8 Å². The van der Waals surface area contributed by atoms with Gasteiger partial charge in [-0.2, -0.15) is 0 Å². The molecule has 0 heterocycles. The van der Waals surface area contributed by atoms with Crippen molar-refractivity contribution < 1.29 is 19.1 Å². The average Bonchev–Trinajstić information content (AvgIpc) is 2.57. The van der Waals surface area contributed by atoms with Crippen LogP contribution in [-0.2, 0) is 4.79 Å². The number of benzene rings is 2. The van der Waals surface area contributed by atoms with Gasteiger partial charge in [0.15, 0.2) is 0 Å². The van der Waals surface area contributed by atoms with Gasteiger partial charge in [-0.1, -0.05) is 15.9 Å². The Morgan fingerprint density at radius 2 is 1.62 bits per heavy atom. The highest BCUT2D eigenvalue weighted by Gasteiger charge is 2.08. The molecule has 0 aromatic heterocycles. The molecule has 0 aliphatic heterocycles. The van der Waals surface area contributed by atoms with Crippen molar-refractivity contribution in [2.24, 2.45) is 0 Å². The first-order chi connectivity index (χ1) is 11.6. The van der Waals surface area contributed by atoms with Crippen molar-refractivity contribution in [3.8, 4) is 11.5 Å². The molecule has 2 aromatic carbocycles. The Morgan fingerprint density at radius 3 is 2.25 bits per heavy atom. The SMILES string of the molecule is CCOc1ccc(OC(=O)CCNC(=O)c2ccc(Br)cc2)cc1. The third-order valence-corrected chi connectivity index (χ3v) is 3.62. The highest BCUT2D eigenvalue weighted by Crippen LogP contribution is 2.17. The molecule has 0 saturated carbocycles. The van der Waals surface area contributed by atoms with Crippen molar-refractivity contribution in [3.05, 3.63) is 58.6 Å². The van der Waals surface area contributed by atoms with Gasteiger partial charge in [-0.05, 0) is 55.5 Å². The summed E-state index contributed by atoms with van der Waals surface area (Å²) in [6.07, 6.45) is 0.0927. The van der Waals surface area contributed by atoms with E-state index in [4.69, 9.17) is 9.47 Å². The van der Waals surface area contributed by atoms with Crippen LogP contribution in [0.15, 0.2) is 53.0 Å². The third kappa shape index (κ3) is 5.70. The molecule has 0 radical (unpaired) electrons. The molecule has 1 amide bonds. The van der Waals surface area contributed by atoms with Gasteiger partial charge in [0.1, 0.15) is 11.5 Å². The van der Waals surface area contributed by atoms with Crippen LogP contribution in [0, 0.1) is 0 Å². The monoisotopic (exact) mass is 391 g/mol. The first kappa shape index (κ1) is 18.0. The normalized spacial score (nSPS) is 10.1. The lowest BCUT2D eigenvalue weighted by Gasteiger charge is -2.07. The summed E-state index contributed by atoms with van der Waals surface area (Å²) < 4.78 is 11.4. The quantitative estimate of drug-likeness (QED) is 0.578. The first-order valence-corrected chi connectivity index (χ1v) is 8.35. The highest BCUT2D eigenvalue weighted by molar-refractivity contribution is 9.10. The van der Waals surface area contributed by atoms with Gasteiger partial charge in [0, 0.05) is 16.6 Å². The maximum Gasteiger partial charge on any atom is 0.312 e. The second-order valence-electron chi connectivity index (χ2n) is 4.89. The number of hydrogen-bond donors (Lipinski definition) is 1. The summed E-state index contributed by atoms with van der Waals surface area (Å²) in [5.74, 6) is 0.536. The lowest BCUT2D eigenvalue weighted by Crippen LogP contribution is -2.27. The summed E-state index contributed by atoms with van der Waals surface area (Å²) in [6.45, 7) is 2.69. The fourth-order valence-corrected chi connectivity index (χ4v) is 2.20. The van der Waals surface area contributed by atoms with E-state index in [9.17, 15) is 9.59 Å². The molecule has 0 unspecified atom stereocenters. The minimum absolute atomic E-state index is 0.0927. The molecule has 126 valence electrons. The smallest absolute Gasteiger partial charge is 0.312 e. The molecule has 0 fully saturated rings. The fourth-order valence-electron chi connectivity index (χ4n) is 1.93. The number of hydrogen-bond acceptors (Lipinski definition) is 4. The summed E-state index contributed by atoms with van der Waals surface area (Å²) in [5.41, 5.74) is 0.540. The third-order valence-electron chi connectivity index (χ3n) is 3.09. The Kier molecular flexibility index (Phi) is 6.81. The Bertz CT molecular complexity index is 683. The van der Waals surface area contributed by atoms with E-state index >= 15 is 0 Å². The van der Waals surface area contributed by atoms with E-state index in [1.807, 2.05) is 6.92 Å². The Balaban J connectivity index is 1.74. The van der Waals surface area contributed by atoms with Gasteiger partial charge < -0.3 is 14.8 Å². The fraction of sp³-hybridized carbons (Fsp3) is 0.222. The number of amides is 1. The minimum Gasteiger partial charge on any atom is -0.494 e. The molecule has 0 spiro atoms. The largest absolute Gasteiger partial charge is 0.494 e. The molecule has 5 nitrogen and oxygen atoms in total.